The van der Waals surface area contributed by atoms with Crippen LogP contribution in [0.15, 0.2) is 24.3 Å². The smallest absolute Gasteiger partial charge is 0.231 e. The number of piperidine rings is 1. The van der Waals surface area contributed by atoms with Crippen molar-refractivity contribution in [3.63, 3.8) is 0 Å². The SMILES string of the molecule is COc1ccc(C2CN(C(C)C)C(=O)C23CCCNC3)cc1.Cl. The van der Waals surface area contributed by atoms with Crippen LogP contribution in [0.25, 0.3) is 0 Å². The summed E-state index contributed by atoms with van der Waals surface area (Å²) in [5, 5.41) is 3.46. The number of rotatable bonds is 3. The van der Waals surface area contributed by atoms with Gasteiger partial charge in [-0.25, -0.2) is 0 Å². The lowest BCUT2D eigenvalue weighted by molar-refractivity contribution is -0.138. The second-order valence-electron chi connectivity index (χ2n) is 6.81. The Bertz CT molecular complexity index is 538. The zero-order valence-electron chi connectivity index (χ0n) is 14.2. The average molecular weight is 339 g/mol. The molecule has 1 aromatic carbocycles. The molecular formula is C18H27ClN2O2. The molecule has 0 aromatic heterocycles. The van der Waals surface area contributed by atoms with Gasteiger partial charge in [-0.2, -0.15) is 0 Å². The number of carbonyl (C=O) groups excluding carboxylic acids is 1. The third-order valence-electron chi connectivity index (χ3n) is 5.29. The van der Waals surface area contributed by atoms with Crippen LogP contribution in [0.2, 0.25) is 0 Å². The molecular weight excluding hydrogens is 312 g/mol. The van der Waals surface area contributed by atoms with E-state index >= 15 is 0 Å². The van der Waals surface area contributed by atoms with Gasteiger partial charge in [-0.3, -0.25) is 4.79 Å². The molecule has 1 N–H and O–H groups in total. The van der Waals surface area contributed by atoms with Crippen molar-refractivity contribution >= 4 is 18.3 Å². The number of benzene rings is 1. The topological polar surface area (TPSA) is 41.6 Å². The maximum absolute atomic E-state index is 13.1. The van der Waals surface area contributed by atoms with Crippen molar-refractivity contribution in [1.82, 2.24) is 10.2 Å². The summed E-state index contributed by atoms with van der Waals surface area (Å²) in [5.74, 6) is 1.46. The molecule has 3 rings (SSSR count). The fourth-order valence-electron chi connectivity index (χ4n) is 4.00. The molecule has 1 aromatic rings. The molecule has 4 nitrogen and oxygen atoms in total. The highest BCUT2D eigenvalue weighted by molar-refractivity contribution is 5.87. The van der Waals surface area contributed by atoms with E-state index in [9.17, 15) is 4.79 Å². The second kappa shape index (κ2) is 7.10. The summed E-state index contributed by atoms with van der Waals surface area (Å²) >= 11 is 0. The van der Waals surface area contributed by atoms with Crippen LogP contribution in [0.5, 0.6) is 5.75 Å². The predicted octanol–water partition coefficient (Wildman–Crippen LogP) is 2.82. The lowest BCUT2D eigenvalue weighted by Gasteiger charge is -2.37. The highest BCUT2D eigenvalue weighted by Gasteiger charge is 2.54. The van der Waals surface area contributed by atoms with Gasteiger partial charge in [0, 0.05) is 25.0 Å². The Kier molecular flexibility index (Phi) is 5.58. The first-order chi connectivity index (χ1) is 10.6. The van der Waals surface area contributed by atoms with E-state index in [1.165, 1.54) is 5.56 Å². The number of nitrogens with one attached hydrogen (secondary N) is 1. The zero-order chi connectivity index (χ0) is 15.7. The number of methoxy groups -OCH3 is 1. The molecule has 2 saturated heterocycles. The predicted molar refractivity (Wildman–Crippen MR) is 94.4 cm³/mol. The number of hydrogen-bond acceptors (Lipinski definition) is 3. The van der Waals surface area contributed by atoms with Crippen molar-refractivity contribution in [2.24, 2.45) is 5.41 Å². The molecule has 0 radical (unpaired) electrons. The number of nitrogens with zero attached hydrogens (tertiary/aromatic N) is 1. The molecule has 2 aliphatic rings. The lowest BCUT2D eigenvalue weighted by atomic mass is 9.69. The normalized spacial score (nSPS) is 27.4. The fourth-order valence-corrected chi connectivity index (χ4v) is 4.00. The summed E-state index contributed by atoms with van der Waals surface area (Å²) in [4.78, 5) is 15.1. The fraction of sp³-hybridized carbons (Fsp3) is 0.611. The van der Waals surface area contributed by atoms with Gasteiger partial charge in [-0.15, -0.1) is 12.4 Å². The molecule has 2 unspecified atom stereocenters. The largest absolute Gasteiger partial charge is 0.497 e. The molecule has 1 amide bonds. The standard InChI is InChI=1S/C18H26N2O2.ClH/c1-13(2)20-11-16(14-5-7-15(22-3)8-6-14)18(17(20)21)9-4-10-19-12-18;/h5-8,13,16,19H,4,9-12H2,1-3H3;1H. The van der Waals surface area contributed by atoms with Crippen molar-refractivity contribution in [3.05, 3.63) is 29.8 Å². The minimum atomic E-state index is -0.267. The van der Waals surface area contributed by atoms with E-state index in [1.54, 1.807) is 7.11 Å². The molecule has 128 valence electrons. The Labute approximate surface area is 145 Å². The van der Waals surface area contributed by atoms with Gasteiger partial charge in [0.15, 0.2) is 0 Å². The van der Waals surface area contributed by atoms with Gasteiger partial charge in [0.1, 0.15) is 5.75 Å². The number of hydrogen-bond donors (Lipinski definition) is 1. The quantitative estimate of drug-likeness (QED) is 0.921. The van der Waals surface area contributed by atoms with Crippen molar-refractivity contribution in [1.29, 1.82) is 0 Å². The van der Waals surface area contributed by atoms with Crippen LogP contribution in [0, 0.1) is 5.41 Å². The summed E-state index contributed by atoms with van der Waals surface area (Å²) < 4.78 is 5.26. The molecule has 5 heteroatoms. The minimum absolute atomic E-state index is 0. The molecule has 0 aliphatic carbocycles. The van der Waals surface area contributed by atoms with Crippen molar-refractivity contribution in [3.8, 4) is 5.75 Å². The highest BCUT2D eigenvalue weighted by atomic mass is 35.5. The van der Waals surface area contributed by atoms with Crippen molar-refractivity contribution in [2.75, 3.05) is 26.7 Å². The summed E-state index contributed by atoms with van der Waals surface area (Å²) in [5.41, 5.74) is 0.984. The lowest BCUT2D eigenvalue weighted by Crippen LogP contribution is -2.48. The highest BCUT2D eigenvalue weighted by Crippen LogP contribution is 2.48. The van der Waals surface area contributed by atoms with Crippen LogP contribution in [0.1, 0.15) is 38.2 Å². The van der Waals surface area contributed by atoms with E-state index in [4.69, 9.17) is 4.74 Å². The van der Waals surface area contributed by atoms with Gasteiger partial charge >= 0.3 is 0 Å². The van der Waals surface area contributed by atoms with Gasteiger partial charge in [-0.1, -0.05) is 12.1 Å². The molecule has 2 fully saturated rings. The summed E-state index contributed by atoms with van der Waals surface area (Å²) in [7, 11) is 1.68. The van der Waals surface area contributed by atoms with Gasteiger partial charge in [0.2, 0.25) is 5.91 Å². The molecule has 23 heavy (non-hydrogen) atoms. The molecule has 0 bridgehead atoms. The molecule has 2 heterocycles. The third-order valence-corrected chi connectivity index (χ3v) is 5.29. The number of ether oxygens (including phenoxy) is 1. The second-order valence-corrected chi connectivity index (χ2v) is 6.81. The Morgan fingerprint density at radius 1 is 1.30 bits per heavy atom. The first-order valence-corrected chi connectivity index (χ1v) is 8.24. The van der Waals surface area contributed by atoms with E-state index in [0.29, 0.717) is 5.91 Å². The van der Waals surface area contributed by atoms with Crippen LogP contribution in [-0.2, 0) is 4.79 Å². The van der Waals surface area contributed by atoms with E-state index in [0.717, 1.165) is 38.2 Å². The number of halogens is 1. The van der Waals surface area contributed by atoms with Crippen molar-refractivity contribution < 1.29 is 9.53 Å². The monoisotopic (exact) mass is 338 g/mol. The number of carbonyl (C=O) groups is 1. The number of amides is 1. The maximum atomic E-state index is 13.1. The zero-order valence-corrected chi connectivity index (χ0v) is 15.0. The van der Waals surface area contributed by atoms with E-state index in [-0.39, 0.29) is 29.8 Å². The minimum Gasteiger partial charge on any atom is -0.497 e. The van der Waals surface area contributed by atoms with E-state index in [2.05, 4.69) is 36.2 Å². The first kappa shape index (κ1) is 18.1. The van der Waals surface area contributed by atoms with E-state index < -0.39 is 0 Å². The van der Waals surface area contributed by atoms with Crippen LogP contribution < -0.4 is 10.1 Å². The van der Waals surface area contributed by atoms with Gasteiger partial charge in [-0.05, 0) is 50.9 Å². The first-order valence-electron chi connectivity index (χ1n) is 8.24. The van der Waals surface area contributed by atoms with Crippen LogP contribution in [-0.4, -0.2) is 43.6 Å². The molecule has 2 aliphatic heterocycles. The maximum Gasteiger partial charge on any atom is 0.231 e. The Hall–Kier alpha value is -1.26. The van der Waals surface area contributed by atoms with Gasteiger partial charge in [0.25, 0.3) is 0 Å². The summed E-state index contributed by atoms with van der Waals surface area (Å²) in [6, 6.07) is 8.51. The summed E-state index contributed by atoms with van der Waals surface area (Å²) in [6.45, 7) is 6.86. The molecule has 2 atom stereocenters. The van der Waals surface area contributed by atoms with Gasteiger partial charge in [0.05, 0.1) is 12.5 Å². The Morgan fingerprint density at radius 2 is 2.00 bits per heavy atom. The van der Waals surface area contributed by atoms with E-state index in [1.807, 2.05) is 12.1 Å². The third kappa shape index (κ3) is 3.07. The Morgan fingerprint density at radius 3 is 2.52 bits per heavy atom. The molecule has 1 spiro atoms. The van der Waals surface area contributed by atoms with Crippen molar-refractivity contribution in [2.45, 2.75) is 38.6 Å². The van der Waals surface area contributed by atoms with Crippen LogP contribution in [0.4, 0.5) is 0 Å². The van der Waals surface area contributed by atoms with Crippen LogP contribution >= 0.6 is 12.4 Å². The summed E-state index contributed by atoms with van der Waals surface area (Å²) in [6.07, 6.45) is 2.06. The average Bonchev–Trinajstić information content (AvgIpc) is 2.82. The molecule has 0 saturated carbocycles. The number of likely N-dealkylation sites (tertiary alicyclic amines) is 1. The Balaban J connectivity index is 0.00000192. The van der Waals surface area contributed by atoms with Gasteiger partial charge < -0.3 is 15.0 Å². The van der Waals surface area contributed by atoms with Crippen LogP contribution in [0.3, 0.4) is 0 Å².